The van der Waals surface area contributed by atoms with Gasteiger partial charge >= 0.3 is 0 Å². The average Bonchev–Trinajstić information content (AvgIpc) is 2.68. The van der Waals surface area contributed by atoms with E-state index in [1.54, 1.807) is 0 Å². The highest BCUT2D eigenvalue weighted by molar-refractivity contribution is 14.1. The largest absolute Gasteiger partial charge is 0.354 e. The molecule has 1 unspecified atom stereocenters. The molecule has 18 heavy (non-hydrogen) atoms. The normalized spacial score (nSPS) is 17.5. The minimum absolute atomic E-state index is 0.104. The number of hydrogen-bond donors (Lipinski definition) is 1. The second-order valence-corrected chi connectivity index (χ2v) is 6.41. The Balaban J connectivity index is 2.14. The molecule has 2 aromatic carbocycles. The van der Waals surface area contributed by atoms with Crippen molar-refractivity contribution in [2.75, 3.05) is 10.2 Å². The molecule has 1 aliphatic heterocycles. The maximum atomic E-state index is 3.69. The summed E-state index contributed by atoms with van der Waals surface area (Å²) < 4.78 is 1.25. The van der Waals surface area contributed by atoms with E-state index in [0.717, 1.165) is 5.69 Å². The number of rotatable bonds is 1. The highest BCUT2D eigenvalue weighted by Crippen LogP contribution is 2.42. The number of para-hydroxylation sites is 2. The Hall–Kier alpha value is -0.750. The minimum Gasteiger partial charge on any atom is -0.354 e. The lowest BCUT2D eigenvalue weighted by molar-refractivity contribution is 1.03. The van der Waals surface area contributed by atoms with Gasteiger partial charge in [-0.2, -0.15) is 0 Å². The Labute approximate surface area is 129 Å². The molecule has 0 aromatic heterocycles. The van der Waals surface area contributed by atoms with Crippen LogP contribution >= 0.6 is 38.5 Å². The van der Waals surface area contributed by atoms with Crippen molar-refractivity contribution in [2.45, 2.75) is 12.0 Å². The van der Waals surface area contributed by atoms with E-state index in [1.165, 1.54) is 20.5 Å². The van der Waals surface area contributed by atoms with Gasteiger partial charge in [0.15, 0.2) is 5.08 Å². The molecule has 0 spiro atoms. The Morgan fingerprint density at radius 2 is 1.94 bits per heavy atom. The zero-order valence-electron chi connectivity index (χ0n) is 9.82. The predicted molar refractivity (Wildman–Crippen MR) is 88.8 cm³/mol. The standard InChI is InChI=1S/C14H12BrIN2/c1-9-6-7-10(16)8-13(9)18-12-5-3-2-4-11(12)17-14(18)15/h2-8,14,17H,1H3. The predicted octanol–water partition coefficient (Wildman–Crippen LogP) is 4.84. The van der Waals surface area contributed by atoms with E-state index in [0.29, 0.717) is 0 Å². The number of aryl methyl sites for hydroxylation is 1. The van der Waals surface area contributed by atoms with Gasteiger partial charge in [-0.1, -0.05) is 18.2 Å². The minimum atomic E-state index is 0.104. The summed E-state index contributed by atoms with van der Waals surface area (Å²) in [6.07, 6.45) is 0. The molecule has 2 nitrogen and oxygen atoms in total. The average molecular weight is 415 g/mol. The highest BCUT2D eigenvalue weighted by Gasteiger charge is 2.28. The SMILES string of the molecule is Cc1ccc(I)cc1N1c2ccccc2NC1Br. The monoisotopic (exact) mass is 414 g/mol. The fraction of sp³-hybridized carbons (Fsp3) is 0.143. The van der Waals surface area contributed by atoms with Crippen molar-refractivity contribution in [3.8, 4) is 0 Å². The molecule has 0 bridgehead atoms. The van der Waals surface area contributed by atoms with Gasteiger partial charge in [0.25, 0.3) is 0 Å². The lowest BCUT2D eigenvalue weighted by Crippen LogP contribution is -2.26. The number of nitrogens with zero attached hydrogens (tertiary/aromatic N) is 1. The molecule has 1 aliphatic rings. The Morgan fingerprint density at radius 1 is 1.17 bits per heavy atom. The molecule has 4 heteroatoms. The first kappa shape index (κ1) is 12.3. The van der Waals surface area contributed by atoms with E-state index >= 15 is 0 Å². The van der Waals surface area contributed by atoms with Crippen LogP contribution in [0.3, 0.4) is 0 Å². The zero-order valence-corrected chi connectivity index (χ0v) is 13.6. The van der Waals surface area contributed by atoms with Gasteiger partial charge in [-0.3, -0.25) is 0 Å². The number of nitrogens with one attached hydrogen (secondary N) is 1. The van der Waals surface area contributed by atoms with Gasteiger partial charge in [0.1, 0.15) is 0 Å². The zero-order chi connectivity index (χ0) is 12.7. The molecule has 3 rings (SSSR count). The highest BCUT2D eigenvalue weighted by atomic mass is 127. The third kappa shape index (κ3) is 2.01. The topological polar surface area (TPSA) is 15.3 Å². The molecule has 0 saturated carbocycles. The summed E-state index contributed by atoms with van der Waals surface area (Å²) in [5.41, 5.74) is 4.89. The van der Waals surface area contributed by atoms with Crippen LogP contribution in [0.4, 0.5) is 17.1 Å². The van der Waals surface area contributed by atoms with E-state index in [-0.39, 0.29) is 5.08 Å². The maximum absolute atomic E-state index is 3.69. The first-order chi connectivity index (χ1) is 8.66. The van der Waals surface area contributed by atoms with E-state index in [2.05, 4.69) is 98.1 Å². The van der Waals surface area contributed by atoms with Gasteiger partial charge in [-0.15, -0.1) is 0 Å². The van der Waals surface area contributed by atoms with E-state index in [1.807, 2.05) is 0 Å². The van der Waals surface area contributed by atoms with Crippen molar-refractivity contribution < 1.29 is 0 Å². The van der Waals surface area contributed by atoms with Gasteiger partial charge in [-0.05, 0) is 75.3 Å². The smallest absolute Gasteiger partial charge is 0.161 e. The number of fused-ring (bicyclic) bond motifs is 1. The van der Waals surface area contributed by atoms with Gasteiger partial charge in [0, 0.05) is 9.26 Å². The number of alkyl halides is 1. The van der Waals surface area contributed by atoms with Gasteiger partial charge in [-0.25, -0.2) is 0 Å². The molecule has 2 aromatic rings. The second kappa shape index (κ2) is 4.74. The fourth-order valence-corrected chi connectivity index (χ4v) is 3.38. The number of anilines is 3. The molecule has 0 fully saturated rings. The molecule has 0 aliphatic carbocycles. The molecular weight excluding hydrogens is 403 g/mol. The van der Waals surface area contributed by atoms with Crippen molar-refractivity contribution in [1.82, 2.24) is 0 Å². The van der Waals surface area contributed by atoms with Crippen molar-refractivity contribution in [3.63, 3.8) is 0 Å². The third-order valence-corrected chi connectivity index (χ3v) is 4.41. The quantitative estimate of drug-likeness (QED) is 0.408. The Kier molecular flexibility index (Phi) is 3.23. The first-order valence-corrected chi connectivity index (χ1v) is 7.71. The number of benzene rings is 2. The van der Waals surface area contributed by atoms with Crippen LogP contribution in [-0.4, -0.2) is 5.08 Å². The van der Waals surface area contributed by atoms with Gasteiger partial charge < -0.3 is 10.2 Å². The summed E-state index contributed by atoms with van der Waals surface area (Å²) in [5, 5.41) is 3.54. The van der Waals surface area contributed by atoms with E-state index in [9.17, 15) is 0 Å². The Morgan fingerprint density at radius 3 is 2.78 bits per heavy atom. The third-order valence-electron chi connectivity index (χ3n) is 3.10. The second-order valence-electron chi connectivity index (χ2n) is 4.30. The lowest BCUT2D eigenvalue weighted by atomic mass is 10.1. The summed E-state index contributed by atoms with van der Waals surface area (Å²) in [6.45, 7) is 2.14. The number of hydrogen-bond acceptors (Lipinski definition) is 2. The summed E-state index contributed by atoms with van der Waals surface area (Å²) in [6, 6.07) is 14.9. The molecule has 0 amide bonds. The molecule has 1 heterocycles. The summed E-state index contributed by atoms with van der Waals surface area (Å²) in [5.74, 6) is 0. The lowest BCUT2D eigenvalue weighted by Gasteiger charge is -2.24. The molecule has 0 saturated heterocycles. The van der Waals surface area contributed by atoms with Crippen molar-refractivity contribution in [1.29, 1.82) is 0 Å². The first-order valence-electron chi connectivity index (χ1n) is 5.72. The fourth-order valence-electron chi connectivity index (χ4n) is 2.21. The number of halogens is 2. The molecule has 92 valence electrons. The molecular formula is C14H12BrIN2. The van der Waals surface area contributed by atoms with Gasteiger partial charge in [0.05, 0.1) is 11.4 Å². The van der Waals surface area contributed by atoms with Crippen LogP contribution in [0.5, 0.6) is 0 Å². The van der Waals surface area contributed by atoms with Crippen LogP contribution in [-0.2, 0) is 0 Å². The molecule has 1 atom stereocenters. The van der Waals surface area contributed by atoms with Crippen LogP contribution in [0.2, 0.25) is 0 Å². The van der Waals surface area contributed by atoms with Crippen LogP contribution in [0.15, 0.2) is 42.5 Å². The molecule has 0 radical (unpaired) electrons. The van der Waals surface area contributed by atoms with Crippen LogP contribution in [0, 0.1) is 10.5 Å². The van der Waals surface area contributed by atoms with Crippen LogP contribution in [0.25, 0.3) is 0 Å². The van der Waals surface area contributed by atoms with E-state index in [4.69, 9.17) is 0 Å². The molecule has 1 N–H and O–H groups in total. The maximum Gasteiger partial charge on any atom is 0.161 e. The summed E-state index contributed by atoms with van der Waals surface area (Å²) in [4.78, 5) is 2.28. The van der Waals surface area contributed by atoms with Gasteiger partial charge in [0.2, 0.25) is 0 Å². The van der Waals surface area contributed by atoms with E-state index < -0.39 is 0 Å². The Bertz CT molecular complexity index is 600. The van der Waals surface area contributed by atoms with Crippen molar-refractivity contribution in [2.24, 2.45) is 0 Å². The van der Waals surface area contributed by atoms with Crippen LogP contribution < -0.4 is 10.2 Å². The van der Waals surface area contributed by atoms with Crippen molar-refractivity contribution in [3.05, 3.63) is 51.6 Å². The van der Waals surface area contributed by atoms with Crippen molar-refractivity contribution >= 4 is 55.6 Å². The summed E-state index contributed by atoms with van der Waals surface area (Å²) in [7, 11) is 0. The summed E-state index contributed by atoms with van der Waals surface area (Å²) >= 11 is 6.05. The van der Waals surface area contributed by atoms with Crippen LogP contribution in [0.1, 0.15) is 5.56 Å².